The van der Waals surface area contributed by atoms with E-state index in [0.717, 1.165) is 71.9 Å². The minimum atomic E-state index is -4.67. The molecule has 6 heteroatoms. The molecule has 2 aromatic heterocycles. The number of para-hydroxylation sites is 2. The number of nitriles is 1. The first kappa shape index (κ1) is 33.2. The smallest absolute Gasteiger partial charge is 0.308 e. The lowest BCUT2D eigenvalue weighted by Gasteiger charge is -2.23. The molecule has 0 aliphatic heterocycles. The van der Waals surface area contributed by atoms with Crippen molar-refractivity contribution in [3.8, 4) is 50.8 Å². The molecule has 0 N–H and O–H groups in total. The number of aromatic nitrogens is 2. The summed E-state index contributed by atoms with van der Waals surface area (Å²) in [6.45, 7) is 0. The van der Waals surface area contributed by atoms with Crippen LogP contribution in [0.1, 0.15) is 11.1 Å². The Morgan fingerprint density at radius 3 is 1.32 bits per heavy atom. The molecule has 0 radical (unpaired) electrons. The summed E-state index contributed by atoms with van der Waals surface area (Å²) in [7, 11) is 0. The second-order valence-corrected chi connectivity index (χ2v) is 13.9. The lowest BCUT2D eigenvalue weighted by molar-refractivity contribution is -0.137. The largest absolute Gasteiger partial charge is 0.417 e. The van der Waals surface area contributed by atoms with Gasteiger partial charge in [-0.15, -0.1) is 0 Å². The van der Waals surface area contributed by atoms with Crippen molar-refractivity contribution in [2.24, 2.45) is 0 Å². The zero-order valence-corrected chi connectivity index (χ0v) is 29.8. The minimum absolute atomic E-state index is 0.0183. The maximum Gasteiger partial charge on any atom is 0.417 e. The molecule has 0 aliphatic carbocycles. The standard InChI is InChI=1S/C50H30F3N3/c51-50(52,53)42-20-10-7-19-41(42)49-47(55-43-21-11-8-17-37(43)39-25-23-35(29-45(39)55)33-13-3-1-4-14-33)27-32(31-54)28-48(49)56-44-22-12-9-18-38(44)40-26-24-36(30-46(40)56)34-15-5-2-6-16-34/h1-30H. The van der Waals surface area contributed by atoms with Crippen molar-refractivity contribution in [2.75, 3.05) is 0 Å². The summed E-state index contributed by atoms with van der Waals surface area (Å²) < 4.78 is 49.8. The summed E-state index contributed by atoms with van der Waals surface area (Å²) in [5.41, 5.74) is 8.08. The van der Waals surface area contributed by atoms with Gasteiger partial charge >= 0.3 is 6.18 Å². The van der Waals surface area contributed by atoms with Crippen molar-refractivity contribution in [3.63, 3.8) is 0 Å². The molecule has 10 aromatic rings. The van der Waals surface area contributed by atoms with E-state index in [1.54, 1.807) is 24.3 Å². The van der Waals surface area contributed by atoms with Crippen LogP contribution in [0.15, 0.2) is 182 Å². The Bertz CT molecular complexity index is 3010. The number of hydrogen-bond donors (Lipinski definition) is 0. The van der Waals surface area contributed by atoms with Gasteiger partial charge in [0.05, 0.1) is 50.6 Å². The molecule has 3 nitrogen and oxygen atoms in total. The molecule has 0 bridgehead atoms. The molecule has 0 saturated heterocycles. The van der Waals surface area contributed by atoms with Crippen LogP contribution in [0, 0.1) is 11.3 Å². The van der Waals surface area contributed by atoms with Gasteiger partial charge in [0.15, 0.2) is 0 Å². The van der Waals surface area contributed by atoms with Gasteiger partial charge < -0.3 is 9.13 Å². The first-order chi connectivity index (χ1) is 27.4. The third kappa shape index (κ3) is 5.28. The first-order valence-electron chi connectivity index (χ1n) is 18.3. The highest BCUT2D eigenvalue weighted by atomic mass is 19.4. The van der Waals surface area contributed by atoms with E-state index < -0.39 is 11.7 Å². The van der Waals surface area contributed by atoms with Crippen LogP contribution in [0.5, 0.6) is 0 Å². The van der Waals surface area contributed by atoms with Gasteiger partial charge in [0.1, 0.15) is 0 Å². The highest BCUT2D eigenvalue weighted by Crippen LogP contribution is 2.47. The molecule has 0 aliphatic rings. The van der Waals surface area contributed by atoms with Crippen molar-refractivity contribution in [3.05, 3.63) is 193 Å². The third-order valence-electron chi connectivity index (χ3n) is 10.8. The quantitative estimate of drug-likeness (QED) is 0.174. The third-order valence-corrected chi connectivity index (χ3v) is 10.8. The van der Waals surface area contributed by atoms with Gasteiger partial charge in [-0.2, -0.15) is 18.4 Å². The molecule has 266 valence electrons. The van der Waals surface area contributed by atoms with Crippen molar-refractivity contribution in [2.45, 2.75) is 6.18 Å². The minimum Gasteiger partial charge on any atom is -0.308 e. The van der Waals surface area contributed by atoms with Crippen LogP contribution >= 0.6 is 0 Å². The maximum absolute atomic E-state index is 15.3. The summed E-state index contributed by atoms with van der Waals surface area (Å²) in [5, 5.41) is 14.5. The van der Waals surface area contributed by atoms with E-state index in [0.29, 0.717) is 22.5 Å². The summed E-state index contributed by atoms with van der Waals surface area (Å²) in [6, 6.07) is 60.0. The number of fused-ring (bicyclic) bond motifs is 6. The van der Waals surface area contributed by atoms with E-state index in [1.165, 1.54) is 6.07 Å². The normalized spacial score (nSPS) is 11.8. The van der Waals surface area contributed by atoms with E-state index in [-0.39, 0.29) is 5.56 Å². The van der Waals surface area contributed by atoms with Crippen LogP contribution < -0.4 is 0 Å². The van der Waals surface area contributed by atoms with Crippen LogP contribution in [-0.4, -0.2) is 9.13 Å². The number of alkyl halides is 3. The Morgan fingerprint density at radius 2 is 0.839 bits per heavy atom. The Hall–Kier alpha value is -7.36. The fourth-order valence-electron chi connectivity index (χ4n) is 8.33. The molecule has 0 fully saturated rings. The van der Waals surface area contributed by atoms with Gasteiger partial charge in [0.2, 0.25) is 0 Å². The van der Waals surface area contributed by atoms with Gasteiger partial charge in [-0.25, -0.2) is 0 Å². The second-order valence-electron chi connectivity index (χ2n) is 13.9. The number of benzene rings is 8. The summed E-state index contributed by atoms with van der Waals surface area (Å²) in [6.07, 6.45) is -4.67. The zero-order valence-electron chi connectivity index (χ0n) is 29.8. The van der Waals surface area contributed by atoms with E-state index in [1.807, 2.05) is 118 Å². The summed E-state index contributed by atoms with van der Waals surface area (Å²) in [5.74, 6) is 0. The Balaban J connectivity index is 1.40. The molecular formula is C50H30F3N3. The number of halogens is 3. The molecule has 0 atom stereocenters. The van der Waals surface area contributed by atoms with Gasteiger partial charge in [0, 0.05) is 27.1 Å². The van der Waals surface area contributed by atoms with Gasteiger partial charge in [-0.1, -0.05) is 140 Å². The Kier molecular flexibility index (Phi) is 7.65. The number of rotatable bonds is 5. The highest BCUT2D eigenvalue weighted by Gasteiger charge is 2.35. The van der Waals surface area contributed by atoms with E-state index >= 15 is 13.2 Å². The zero-order chi connectivity index (χ0) is 38.0. The van der Waals surface area contributed by atoms with Gasteiger partial charge in [-0.05, 0) is 70.3 Å². The fraction of sp³-hybridized carbons (Fsp3) is 0.0200. The van der Waals surface area contributed by atoms with Crippen molar-refractivity contribution < 1.29 is 13.2 Å². The van der Waals surface area contributed by atoms with Crippen LogP contribution in [0.2, 0.25) is 0 Å². The van der Waals surface area contributed by atoms with Gasteiger partial charge in [-0.3, -0.25) is 0 Å². The summed E-state index contributed by atoms with van der Waals surface area (Å²) >= 11 is 0. The van der Waals surface area contributed by atoms with Gasteiger partial charge in [0.25, 0.3) is 0 Å². The van der Waals surface area contributed by atoms with Crippen LogP contribution in [-0.2, 0) is 6.18 Å². The van der Waals surface area contributed by atoms with E-state index in [2.05, 4.69) is 42.5 Å². The first-order valence-corrected chi connectivity index (χ1v) is 18.3. The molecule has 0 unspecified atom stereocenters. The van der Waals surface area contributed by atoms with E-state index in [4.69, 9.17) is 0 Å². The van der Waals surface area contributed by atoms with Crippen LogP contribution in [0.3, 0.4) is 0 Å². The molecule has 0 spiro atoms. The van der Waals surface area contributed by atoms with Crippen LogP contribution in [0.25, 0.3) is 88.4 Å². The molecule has 0 amide bonds. The van der Waals surface area contributed by atoms with Crippen molar-refractivity contribution in [1.82, 2.24) is 9.13 Å². The predicted octanol–water partition coefficient (Wildman–Crippen LogP) is 13.8. The topological polar surface area (TPSA) is 33.6 Å². The molecule has 2 heterocycles. The maximum atomic E-state index is 15.3. The summed E-state index contributed by atoms with van der Waals surface area (Å²) in [4.78, 5) is 0. The monoisotopic (exact) mass is 729 g/mol. The SMILES string of the molecule is N#Cc1cc(-n2c3ccccc3c3ccc(-c4ccccc4)cc32)c(-c2ccccc2C(F)(F)F)c(-n2c3ccccc3c3ccc(-c4ccccc4)cc32)c1. The number of hydrogen-bond acceptors (Lipinski definition) is 1. The molecule has 0 saturated carbocycles. The lowest BCUT2D eigenvalue weighted by Crippen LogP contribution is -2.11. The molecule has 10 rings (SSSR count). The van der Waals surface area contributed by atoms with Crippen LogP contribution in [0.4, 0.5) is 13.2 Å². The Morgan fingerprint density at radius 1 is 0.411 bits per heavy atom. The second kappa shape index (κ2) is 12.9. The van der Waals surface area contributed by atoms with Crippen molar-refractivity contribution >= 4 is 43.6 Å². The van der Waals surface area contributed by atoms with E-state index in [9.17, 15) is 5.26 Å². The fourth-order valence-corrected chi connectivity index (χ4v) is 8.33. The Labute approximate surface area is 320 Å². The average molecular weight is 730 g/mol. The van der Waals surface area contributed by atoms with Crippen molar-refractivity contribution in [1.29, 1.82) is 5.26 Å². The lowest BCUT2D eigenvalue weighted by atomic mass is 9.94. The highest BCUT2D eigenvalue weighted by molar-refractivity contribution is 6.13. The number of nitrogens with zero attached hydrogens (tertiary/aromatic N) is 3. The predicted molar refractivity (Wildman–Crippen MR) is 221 cm³/mol. The molecular weight excluding hydrogens is 700 g/mol. The molecule has 56 heavy (non-hydrogen) atoms. The molecule has 8 aromatic carbocycles. The average Bonchev–Trinajstić information content (AvgIpc) is 3.75.